The molecule has 34 heavy (non-hydrogen) atoms. The van der Waals surface area contributed by atoms with E-state index in [4.69, 9.17) is 4.84 Å². The molecule has 6 nitrogen and oxygen atoms in total. The third-order valence-corrected chi connectivity index (χ3v) is 5.77. The van der Waals surface area contributed by atoms with Gasteiger partial charge in [0.2, 0.25) is 0 Å². The summed E-state index contributed by atoms with van der Waals surface area (Å²) >= 11 is 0. The first-order valence-electron chi connectivity index (χ1n) is 12.2. The minimum atomic E-state index is 0.535. The van der Waals surface area contributed by atoms with Crippen molar-refractivity contribution in [2.75, 3.05) is 20.7 Å². The molecule has 1 aliphatic heterocycles. The maximum absolute atomic E-state index is 4.99. The Labute approximate surface area is 206 Å². The maximum atomic E-state index is 4.99. The molecule has 1 aromatic rings. The van der Waals surface area contributed by atoms with Gasteiger partial charge in [-0.15, -0.1) is 0 Å². The molecule has 2 rings (SSSR count). The third kappa shape index (κ3) is 8.85. The molecule has 1 aliphatic rings. The lowest BCUT2D eigenvalue weighted by atomic mass is 10.0. The molecule has 0 bridgehead atoms. The van der Waals surface area contributed by atoms with Crippen LogP contribution in [-0.4, -0.2) is 45.8 Å². The van der Waals surface area contributed by atoms with Crippen LogP contribution in [-0.2, 0) is 4.84 Å². The number of hydrogen-bond acceptors (Lipinski definition) is 3. The van der Waals surface area contributed by atoms with Crippen LogP contribution in [0.2, 0.25) is 0 Å². The van der Waals surface area contributed by atoms with Crippen molar-refractivity contribution in [2.24, 2.45) is 0 Å². The molecule has 0 radical (unpaired) electrons. The number of aromatic nitrogens is 2. The molecule has 6 heteroatoms. The van der Waals surface area contributed by atoms with Gasteiger partial charge < -0.3 is 15.3 Å². The summed E-state index contributed by atoms with van der Waals surface area (Å²) in [6, 6.07) is 3.31. The van der Waals surface area contributed by atoms with Crippen LogP contribution in [0.5, 0.6) is 0 Å². The van der Waals surface area contributed by atoms with Crippen molar-refractivity contribution in [3.8, 4) is 0 Å². The van der Waals surface area contributed by atoms with E-state index in [9.17, 15) is 0 Å². The van der Waals surface area contributed by atoms with Crippen molar-refractivity contribution in [3.63, 3.8) is 0 Å². The average molecular weight is 465 g/mol. The lowest BCUT2D eigenvalue weighted by molar-refractivity contribution is -0.446. The monoisotopic (exact) mass is 464 g/mol. The van der Waals surface area contributed by atoms with E-state index in [1.54, 1.807) is 0 Å². The zero-order chi connectivity index (χ0) is 25.1. The minimum absolute atomic E-state index is 0.535. The Hall–Kier alpha value is -2.82. The average Bonchev–Trinajstić information content (AvgIpc) is 3.07. The van der Waals surface area contributed by atoms with Crippen LogP contribution < -0.4 is 0 Å². The van der Waals surface area contributed by atoms with E-state index >= 15 is 0 Å². The van der Waals surface area contributed by atoms with Crippen molar-refractivity contribution >= 4 is 23.3 Å². The van der Waals surface area contributed by atoms with E-state index in [0.717, 1.165) is 50.0 Å². The fourth-order valence-corrected chi connectivity index (χ4v) is 3.81. The van der Waals surface area contributed by atoms with Crippen LogP contribution in [0, 0.1) is 6.92 Å². The summed E-state index contributed by atoms with van der Waals surface area (Å²) < 4.78 is 3.88. The fourth-order valence-electron chi connectivity index (χ4n) is 3.81. The zero-order valence-electron chi connectivity index (χ0n) is 22.4. The Bertz CT molecular complexity index is 1050. The van der Waals surface area contributed by atoms with Crippen LogP contribution in [0.3, 0.4) is 0 Å². The molecular formula is C28H42N5O+. The van der Waals surface area contributed by atoms with Crippen molar-refractivity contribution in [1.29, 1.82) is 0 Å². The SMILES string of the molecule is CO[N-]c1nc(C)nc2c1[N+](C/C=C(\C)CC/C=C(\C)CC/C=C(\C)CCC=C(C)C)=C=[N+]2C. The van der Waals surface area contributed by atoms with Gasteiger partial charge in [-0.25, -0.2) is 0 Å². The summed E-state index contributed by atoms with van der Waals surface area (Å²) in [6.07, 6.45) is 16.0. The molecule has 0 amide bonds. The van der Waals surface area contributed by atoms with Gasteiger partial charge in [-0.2, -0.15) is 4.98 Å². The quantitative estimate of drug-likeness (QED) is 0.171. The lowest BCUT2D eigenvalue weighted by Gasteiger charge is -2.13. The van der Waals surface area contributed by atoms with Gasteiger partial charge in [0, 0.05) is 18.8 Å². The molecule has 0 saturated carbocycles. The number of allylic oxidation sites excluding steroid dienone is 7. The molecule has 0 spiro atoms. The van der Waals surface area contributed by atoms with E-state index in [0.29, 0.717) is 18.2 Å². The van der Waals surface area contributed by atoms with E-state index < -0.39 is 0 Å². The molecule has 184 valence electrons. The molecule has 0 N–H and O–H groups in total. The minimum Gasteiger partial charge on any atom is -0.416 e. The molecule has 0 aromatic carbocycles. The van der Waals surface area contributed by atoms with Gasteiger partial charge in [0.05, 0.1) is 0 Å². The molecule has 0 fully saturated rings. The lowest BCUT2D eigenvalue weighted by Crippen LogP contribution is -2.04. The van der Waals surface area contributed by atoms with Crippen molar-refractivity contribution in [1.82, 2.24) is 9.97 Å². The summed E-state index contributed by atoms with van der Waals surface area (Å²) in [5, 5.41) is 0. The second kappa shape index (κ2) is 13.8. The molecule has 0 saturated heterocycles. The summed E-state index contributed by atoms with van der Waals surface area (Å²) in [6.45, 7) is 13.6. The van der Waals surface area contributed by atoms with E-state index in [2.05, 4.69) is 80.4 Å². The summed E-state index contributed by atoms with van der Waals surface area (Å²) in [4.78, 5) is 14.0. The van der Waals surface area contributed by atoms with Gasteiger partial charge in [-0.05, 0) is 86.1 Å². The Morgan fingerprint density at radius 2 is 1.44 bits per heavy atom. The molecule has 0 aliphatic carbocycles. The smallest absolute Gasteiger partial charge is 0.416 e. The van der Waals surface area contributed by atoms with Gasteiger partial charge in [0.25, 0.3) is 0 Å². The van der Waals surface area contributed by atoms with Gasteiger partial charge in [-0.3, -0.25) is 0 Å². The molecule has 1 aromatic heterocycles. The van der Waals surface area contributed by atoms with Gasteiger partial charge in [0.1, 0.15) is 0 Å². The molecule has 0 unspecified atom stereocenters. The van der Waals surface area contributed by atoms with Crippen LogP contribution in [0.1, 0.15) is 79.0 Å². The second-order valence-electron chi connectivity index (χ2n) is 9.36. The number of hydrogen-bond donors (Lipinski definition) is 0. The van der Waals surface area contributed by atoms with Crippen LogP contribution in [0.15, 0.2) is 46.6 Å². The fraction of sp³-hybridized carbons (Fsp3) is 0.536. The first-order chi connectivity index (χ1) is 16.2. The highest BCUT2D eigenvalue weighted by atomic mass is 16.6. The largest absolute Gasteiger partial charge is 0.491 e. The number of rotatable bonds is 13. The normalized spacial score (nSPS) is 14.1. The highest BCUT2D eigenvalue weighted by Gasteiger charge is 2.34. The predicted octanol–water partition coefficient (Wildman–Crippen LogP) is 7.60. The standard InChI is InChI=1S/C28H42N5O/c1-21(2)12-9-13-22(3)14-10-15-23(4)16-11-17-24(5)18-19-33-20-32(7)28-26(33)27(31-34-8)29-25(6)30-28/h12,14,16,18H,9-11,13,15,17,19H2,1-8H3/q+1/b22-14+,23-16+,24-18+. The van der Waals surface area contributed by atoms with Crippen molar-refractivity contribution in [2.45, 2.75) is 80.1 Å². The van der Waals surface area contributed by atoms with E-state index in [1.165, 1.54) is 29.4 Å². The van der Waals surface area contributed by atoms with Gasteiger partial charge in [0.15, 0.2) is 13.6 Å². The van der Waals surface area contributed by atoms with Crippen LogP contribution >= 0.6 is 0 Å². The first kappa shape index (κ1) is 27.4. The molecule has 2 heterocycles. The number of nitrogens with zero attached hydrogens (tertiary/aromatic N) is 5. The Morgan fingerprint density at radius 3 is 2.00 bits per heavy atom. The summed E-state index contributed by atoms with van der Waals surface area (Å²) in [5.74, 6) is 2.00. The Kier molecular flexibility index (Phi) is 11.1. The maximum Gasteiger partial charge on any atom is 0.491 e. The first-order valence-corrected chi connectivity index (χ1v) is 12.2. The van der Waals surface area contributed by atoms with Crippen molar-refractivity contribution < 1.29 is 14.0 Å². The van der Waals surface area contributed by atoms with E-state index in [-0.39, 0.29) is 0 Å². The van der Waals surface area contributed by atoms with Crippen LogP contribution in [0.25, 0.3) is 5.48 Å². The Balaban J connectivity index is 1.85. The second-order valence-corrected chi connectivity index (χ2v) is 9.36. The van der Waals surface area contributed by atoms with E-state index in [1.807, 2.05) is 23.1 Å². The highest BCUT2D eigenvalue weighted by molar-refractivity contribution is 5.69. The van der Waals surface area contributed by atoms with Crippen LogP contribution in [0.4, 0.5) is 17.3 Å². The summed E-state index contributed by atoms with van der Waals surface area (Å²) in [7, 11) is 3.47. The zero-order valence-corrected chi connectivity index (χ0v) is 22.4. The number of aryl methyl sites for hydroxylation is 1. The summed E-state index contributed by atoms with van der Waals surface area (Å²) in [5.41, 5.74) is 10.6. The van der Waals surface area contributed by atoms with Gasteiger partial charge in [-0.1, -0.05) is 49.7 Å². The van der Waals surface area contributed by atoms with Gasteiger partial charge >= 0.3 is 17.5 Å². The predicted molar refractivity (Wildman–Crippen MR) is 141 cm³/mol. The Morgan fingerprint density at radius 1 is 0.882 bits per heavy atom. The number of fused-ring (bicyclic) bond motifs is 1. The topological polar surface area (TPSA) is 55.1 Å². The highest BCUT2D eigenvalue weighted by Crippen LogP contribution is 2.37. The van der Waals surface area contributed by atoms with Crippen molar-refractivity contribution in [3.05, 3.63) is 57.9 Å². The molecular weight excluding hydrogens is 422 g/mol. The molecule has 0 atom stereocenters. The third-order valence-electron chi connectivity index (χ3n) is 5.77.